The lowest BCUT2D eigenvalue weighted by molar-refractivity contribution is 0.101. The molecule has 0 saturated carbocycles. The molecule has 2 aromatic carbocycles. The van der Waals surface area contributed by atoms with Crippen molar-refractivity contribution in [1.29, 1.82) is 5.26 Å². The Balaban J connectivity index is 2.42. The lowest BCUT2D eigenvalue weighted by atomic mass is 9.99. The summed E-state index contributed by atoms with van der Waals surface area (Å²) in [6.45, 7) is 5.50. The summed E-state index contributed by atoms with van der Waals surface area (Å²) in [7, 11) is 3.20. The standard InChI is InChI=1S/C20H22N2O3/c1-12-8-19(24-4)20(25-5)10-17(12)13(2)22-18-9-15(11-21)6-7-16(18)14(3)23/h6-10,13,22H,1-5H3. The number of nitriles is 1. The van der Waals surface area contributed by atoms with Crippen molar-refractivity contribution in [2.45, 2.75) is 26.8 Å². The van der Waals surface area contributed by atoms with E-state index in [0.717, 1.165) is 11.1 Å². The van der Waals surface area contributed by atoms with E-state index in [1.807, 2.05) is 26.0 Å². The van der Waals surface area contributed by atoms with E-state index in [4.69, 9.17) is 14.7 Å². The zero-order valence-corrected chi connectivity index (χ0v) is 15.1. The molecular weight excluding hydrogens is 316 g/mol. The highest BCUT2D eigenvalue weighted by Crippen LogP contribution is 2.34. The second-order valence-corrected chi connectivity index (χ2v) is 5.86. The van der Waals surface area contributed by atoms with Crippen LogP contribution in [0, 0.1) is 18.3 Å². The number of ketones is 1. The van der Waals surface area contributed by atoms with E-state index in [-0.39, 0.29) is 11.8 Å². The molecule has 0 aliphatic heterocycles. The summed E-state index contributed by atoms with van der Waals surface area (Å²) in [6.07, 6.45) is 0. The fourth-order valence-corrected chi connectivity index (χ4v) is 2.81. The molecule has 0 aromatic heterocycles. The van der Waals surface area contributed by atoms with Gasteiger partial charge in [0.1, 0.15) is 0 Å². The van der Waals surface area contributed by atoms with Gasteiger partial charge in [0, 0.05) is 17.3 Å². The molecule has 0 aliphatic carbocycles. The molecular formula is C20H22N2O3. The summed E-state index contributed by atoms with van der Waals surface area (Å²) >= 11 is 0. The lowest BCUT2D eigenvalue weighted by Crippen LogP contribution is -2.12. The molecule has 1 unspecified atom stereocenters. The fraction of sp³-hybridized carbons (Fsp3) is 0.300. The number of benzene rings is 2. The van der Waals surface area contributed by atoms with Crippen molar-refractivity contribution in [3.63, 3.8) is 0 Å². The number of nitrogens with one attached hydrogen (secondary N) is 1. The zero-order valence-electron chi connectivity index (χ0n) is 15.1. The molecule has 1 atom stereocenters. The SMILES string of the molecule is COc1cc(C)c(C(C)Nc2cc(C#N)ccc2C(C)=O)cc1OC. The van der Waals surface area contributed by atoms with Gasteiger partial charge in [-0.2, -0.15) is 5.26 Å². The molecule has 130 valence electrons. The van der Waals surface area contributed by atoms with E-state index in [0.29, 0.717) is 28.3 Å². The average molecular weight is 338 g/mol. The molecule has 0 fully saturated rings. The van der Waals surface area contributed by atoms with Gasteiger partial charge >= 0.3 is 0 Å². The van der Waals surface area contributed by atoms with Gasteiger partial charge in [0.15, 0.2) is 17.3 Å². The van der Waals surface area contributed by atoms with Crippen molar-refractivity contribution in [3.05, 3.63) is 52.6 Å². The molecule has 0 heterocycles. The number of anilines is 1. The zero-order chi connectivity index (χ0) is 18.6. The van der Waals surface area contributed by atoms with Gasteiger partial charge in [0.25, 0.3) is 0 Å². The van der Waals surface area contributed by atoms with Crippen LogP contribution in [0.25, 0.3) is 0 Å². The van der Waals surface area contributed by atoms with Gasteiger partial charge in [-0.25, -0.2) is 0 Å². The van der Waals surface area contributed by atoms with Crippen LogP contribution in [0.15, 0.2) is 30.3 Å². The van der Waals surface area contributed by atoms with Gasteiger partial charge in [-0.1, -0.05) is 0 Å². The second kappa shape index (κ2) is 7.71. The Kier molecular flexibility index (Phi) is 5.66. The largest absolute Gasteiger partial charge is 0.493 e. The van der Waals surface area contributed by atoms with E-state index in [2.05, 4.69) is 11.4 Å². The van der Waals surface area contributed by atoms with Gasteiger partial charge in [0.2, 0.25) is 0 Å². The molecule has 0 amide bonds. The van der Waals surface area contributed by atoms with Gasteiger partial charge in [-0.3, -0.25) is 4.79 Å². The van der Waals surface area contributed by atoms with Gasteiger partial charge in [0.05, 0.1) is 25.9 Å². The first-order valence-corrected chi connectivity index (χ1v) is 7.95. The predicted octanol–water partition coefficient (Wildman–Crippen LogP) is 4.26. The summed E-state index contributed by atoms with van der Waals surface area (Å²) in [5.41, 5.74) is 3.77. The minimum Gasteiger partial charge on any atom is -0.493 e. The number of hydrogen-bond acceptors (Lipinski definition) is 5. The normalized spacial score (nSPS) is 11.4. The topological polar surface area (TPSA) is 71.3 Å². The van der Waals surface area contributed by atoms with Gasteiger partial charge in [-0.05, 0) is 62.2 Å². The number of rotatable bonds is 6. The van der Waals surface area contributed by atoms with Crippen LogP contribution in [0.2, 0.25) is 0 Å². The molecule has 0 spiro atoms. The van der Waals surface area contributed by atoms with E-state index in [9.17, 15) is 4.79 Å². The number of methoxy groups -OCH3 is 2. The Morgan fingerprint density at radius 2 is 1.80 bits per heavy atom. The molecule has 1 N–H and O–H groups in total. The number of carbonyl (C=O) groups is 1. The van der Waals surface area contributed by atoms with Crippen LogP contribution in [0.3, 0.4) is 0 Å². The highest BCUT2D eigenvalue weighted by Gasteiger charge is 2.16. The number of nitrogens with zero attached hydrogens (tertiary/aromatic N) is 1. The van der Waals surface area contributed by atoms with E-state index < -0.39 is 0 Å². The maximum absolute atomic E-state index is 11.9. The van der Waals surface area contributed by atoms with Gasteiger partial charge < -0.3 is 14.8 Å². The Morgan fingerprint density at radius 1 is 1.16 bits per heavy atom. The minimum atomic E-state index is -0.0909. The van der Waals surface area contributed by atoms with Crippen LogP contribution in [0.1, 0.15) is 46.9 Å². The first-order chi connectivity index (χ1) is 11.9. The second-order valence-electron chi connectivity index (χ2n) is 5.86. The molecule has 2 rings (SSSR count). The highest BCUT2D eigenvalue weighted by atomic mass is 16.5. The number of hydrogen-bond donors (Lipinski definition) is 1. The van der Waals surface area contributed by atoms with Crippen LogP contribution >= 0.6 is 0 Å². The molecule has 0 saturated heterocycles. The fourth-order valence-electron chi connectivity index (χ4n) is 2.81. The van der Waals surface area contributed by atoms with Crippen LogP contribution in [-0.4, -0.2) is 20.0 Å². The van der Waals surface area contributed by atoms with Crippen molar-refractivity contribution in [2.24, 2.45) is 0 Å². The highest BCUT2D eigenvalue weighted by molar-refractivity contribution is 5.99. The maximum atomic E-state index is 11.9. The summed E-state index contributed by atoms with van der Waals surface area (Å²) in [6, 6.07) is 10.9. The molecule has 0 aliphatic rings. The third kappa shape index (κ3) is 3.92. The van der Waals surface area contributed by atoms with Crippen LogP contribution < -0.4 is 14.8 Å². The van der Waals surface area contributed by atoms with Gasteiger partial charge in [-0.15, -0.1) is 0 Å². The van der Waals surface area contributed by atoms with E-state index >= 15 is 0 Å². The van der Waals surface area contributed by atoms with Crippen LogP contribution in [-0.2, 0) is 0 Å². The summed E-state index contributed by atoms with van der Waals surface area (Å²) in [4.78, 5) is 11.9. The van der Waals surface area contributed by atoms with E-state index in [1.54, 1.807) is 32.4 Å². The Bertz CT molecular complexity index is 838. The first kappa shape index (κ1) is 18.3. The summed E-state index contributed by atoms with van der Waals surface area (Å²) < 4.78 is 10.7. The summed E-state index contributed by atoms with van der Waals surface area (Å²) in [5, 5.41) is 12.5. The monoisotopic (exact) mass is 338 g/mol. The van der Waals surface area contributed by atoms with Crippen LogP contribution in [0.5, 0.6) is 11.5 Å². The van der Waals surface area contributed by atoms with E-state index in [1.165, 1.54) is 6.92 Å². The minimum absolute atomic E-state index is 0.0526. The third-order valence-corrected chi connectivity index (χ3v) is 4.14. The summed E-state index contributed by atoms with van der Waals surface area (Å²) in [5.74, 6) is 1.27. The quantitative estimate of drug-likeness (QED) is 0.797. The van der Waals surface area contributed by atoms with Crippen molar-refractivity contribution in [3.8, 4) is 17.6 Å². The molecule has 25 heavy (non-hydrogen) atoms. The number of carbonyl (C=O) groups excluding carboxylic acids is 1. The molecule has 2 aromatic rings. The molecule has 5 nitrogen and oxygen atoms in total. The third-order valence-electron chi connectivity index (χ3n) is 4.14. The van der Waals surface area contributed by atoms with Crippen molar-refractivity contribution >= 4 is 11.5 Å². The predicted molar refractivity (Wildman–Crippen MR) is 97.5 cm³/mol. The Morgan fingerprint density at radius 3 is 2.36 bits per heavy atom. The van der Waals surface area contributed by atoms with Crippen molar-refractivity contribution in [1.82, 2.24) is 0 Å². The number of Topliss-reactive ketones (excluding diaryl/α,β-unsaturated/α-hetero) is 1. The van der Waals surface area contributed by atoms with Crippen molar-refractivity contribution in [2.75, 3.05) is 19.5 Å². The average Bonchev–Trinajstić information content (AvgIpc) is 2.60. The lowest BCUT2D eigenvalue weighted by Gasteiger charge is -2.21. The van der Waals surface area contributed by atoms with Crippen LogP contribution in [0.4, 0.5) is 5.69 Å². The molecule has 0 radical (unpaired) electrons. The Labute approximate surface area is 148 Å². The first-order valence-electron chi connectivity index (χ1n) is 7.95. The number of aryl methyl sites for hydroxylation is 1. The van der Waals surface area contributed by atoms with Crippen molar-refractivity contribution < 1.29 is 14.3 Å². The maximum Gasteiger partial charge on any atom is 0.161 e. The Hall–Kier alpha value is -3.00. The smallest absolute Gasteiger partial charge is 0.161 e. The number of ether oxygens (including phenoxy) is 2. The molecule has 0 bridgehead atoms. The molecule has 5 heteroatoms.